The Hall–Kier alpha value is -0.530. The van der Waals surface area contributed by atoms with Crippen LogP contribution in [0.25, 0.3) is 0 Å². The predicted molar refractivity (Wildman–Crippen MR) is 80.0 cm³/mol. The minimum absolute atomic E-state index is 0.000987. The number of esters is 1. The van der Waals surface area contributed by atoms with Gasteiger partial charge in [0.05, 0.1) is 5.92 Å². The van der Waals surface area contributed by atoms with E-state index < -0.39 is 0 Å². The zero-order valence-electron chi connectivity index (χ0n) is 13.5. The van der Waals surface area contributed by atoms with Crippen LogP contribution in [0.1, 0.15) is 79.6 Å². The van der Waals surface area contributed by atoms with Crippen molar-refractivity contribution in [2.75, 3.05) is 0 Å². The number of carbonyl (C=O) groups is 1. The summed E-state index contributed by atoms with van der Waals surface area (Å²) < 4.78 is 6.06. The topological polar surface area (TPSA) is 26.3 Å². The van der Waals surface area contributed by atoms with Gasteiger partial charge in [-0.3, -0.25) is 4.79 Å². The van der Waals surface area contributed by atoms with Crippen LogP contribution in [-0.2, 0) is 9.53 Å². The fraction of sp³-hybridized carbons (Fsp3) is 0.941. The lowest BCUT2D eigenvalue weighted by Gasteiger charge is -2.42. The Morgan fingerprint density at radius 3 is 2.05 bits per heavy atom. The Balaban J connectivity index is 2.77. The summed E-state index contributed by atoms with van der Waals surface area (Å²) in [5, 5.41) is 0. The largest absolute Gasteiger partial charge is 0.459 e. The third-order valence-corrected chi connectivity index (χ3v) is 5.22. The van der Waals surface area contributed by atoms with Crippen molar-refractivity contribution >= 4 is 5.97 Å². The van der Waals surface area contributed by atoms with Crippen LogP contribution in [0, 0.1) is 17.8 Å². The maximum atomic E-state index is 12.3. The first kappa shape index (κ1) is 16.5. The van der Waals surface area contributed by atoms with Gasteiger partial charge in [0, 0.05) is 0 Å². The lowest BCUT2D eigenvalue weighted by Crippen LogP contribution is -2.44. The van der Waals surface area contributed by atoms with E-state index in [0.29, 0.717) is 11.8 Å². The molecule has 0 saturated heterocycles. The van der Waals surface area contributed by atoms with Gasteiger partial charge in [0.15, 0.2) is 0 Å². The first-order chi connectivity index (χ1) is 8.96. The molecular weight excluding hydrogens is 236 g/mol. The first-order valence-electron chi connectivity index (χ1n) is 8.19. The maximum absolute atomic E-state index is 12.3. The summed E-state index contributed by atoms with van der Waals surface area (Å²) in [7, 11) is 0. The highest BCUT2D eigenvalue weighted by molar-refractivity contribution is 5.72. The van der Waals surface area contributed by atoms with Crippen LogP contribution in [-0.4, -0.2) is 11.6 Å². The van der Waals surface area contributed by atoms with Gasteiger partial charge in [0.1, 0.15) is 5.60 Å². The third-order valence-electron chi connectivity index (χ3n) is 5.22. The molecule has 19 heavy (non-hydrogen) atoms. The van der Waals surface area contributed by atoms with Crippen molar-refractivity contribution in [1.29, 1.82) is 0 Å². The van der Waals surface area contributed by atoms with E-state index in [0.717, 1.165) is 12.8 Å². The molecule has 2 heteroatoms. The van der Waals surface area contributed by atoms with Gasteiger partial charge in [-0.2, -0.15) is 0 Å². The quantitative estimate of drug-likeness (QED) is 0.636. The van der Waals surface area contributed by atoms with Crippen molar-refractivity contribution in [3.63, 3.8) is 0 Å². The molecule has 1 atom stereocenters. The van der Waals surface area contributed by atoms with Crippen LogP contribution in [0.4, 0.5) is 0 Å². The second-order valence-electron chi connectivity index (χ2n) is 6.56. The fourth-order valence-corrected chi connectivity index (χ4v) is 3.25. The summed E-state index contributed by atoms with van der Waals surface area (Å²) in [5.41, 5.74) is -0.208. The summed E-state index contributed by atoms with van der Waals surface area (Å²) in [6.07, 6.45) is 8.29. The molecule has 0 amide bonds. The molecule has 1 unspecified atom stereocenters. The van der Waals surface area contributed by atoms with Gasteiger partial charge in [-0.05, 0) is 37.5 Å². The summed E-state index contributed by atoms with van der Waals surface area (Å²) in [6, 6.07) is 0. The van der Waals surface area contributed by atoms with Crippen LogP contribution < -0.4 is 0 Å². The Kier molecular flexibility index (Phi) is 6.35. The van der Waals surface area contributed by atoms with E-state index in [1.165, 1.54) is 32.1 Å². The molecule has 0 spiro atoms. The van der Waals surface area contributed by atoms with Gasteiger partial charge in [0.2, 0.25) is 0 Å². The number of ether oxygens (including phenoxy) is 1. The minimum Gasteiger partial charge on any atom is -0.459 e. The van der Waals surface area contributed by atoms with E-state index in [4.69, 9.17) is 4.74 Å². The number of rotatable bonds is 6. The maximum Gasteiger partial charge on any atom is 0.309 e. The third kappa shape index (κ3) is 3.97. The lowest BCUT2D eigenvalue weighted by atomic mass is 9.74. The molecule has 2 nitrogen and oxygen atoms in total. The molecule has 1 aliphatic rings. The number of hydrogen-bond acceptors (Lipinski definition) is 2. The highest BCUT2D eigenvalue weighted by atomic mass is 16.6. The molecule has 1 rings (SSSR count). The van der Waals surface area contributed by atoms with E-state index in [1.807, 2.05) is 6.92 Å². The molecule has 112 valence electrons. The van der Waals surface area contributed by atoms with E-state index >= 15 is 0 Å². The van der Waals surface area contributed by atoms with Gasteiger partial charge in [-0.15, -0.1) is 0 Å². The summed E-state index contributed by atoms with van der Waals surface area (Å²) in [5.74, 6) is 0.926. The molecule has 0 radical (unpaired) electrons. The van der Waals surface area contributed by atoms with Crippen molar-refractivity contribution in [2.45, 2.75) is 85.2 Å². The molecular formula is C17H32O2. The second-order valence-corrected chi connectivity index (χ2v) is 6.56. The molecule has 0 aromatic heterocycles. The molecule has 0 aromatic rings. The van der Waals surface area contributed by atoms with E-state index in [9.17, 15) is 4.79 Å². The zero-order chi connectivity index (χ0) is 14.5. The molecule has 0 aliphatic heterocycles. The van der Waals surface area contributed by atoms with Gasteiger partial charge in [-0.1, -0.05) is 53.9 Å². The van der Waals surface area contributed by atoms with Gasteiger partial charge in [0.25, 0.3) is 0 Å². The van der Waals surface area contributed by atoms with Crippen LogP contribution in [0.2, 0.25) is 0 Å². The van der Waals surface area contributed by atoms with Crippen molar-refractivity contribution in [2.24, 2.45) is 17.8 Å². The first-order valence-corrected chi connectivity index (χ1v) is 8.19. The van der Waals surface area contributed by atoms with Crippen molar-refractivity contribution in [3.8, 4) is 0 Å². The predicted octanol–water partition coefficient (Wildman–Crippen LogP) is 4.96. The monoisotopic (exact) mass is 268 g/mol. The number of hydrogen-bond donors (Lipinski definition) is 0. The highest BCUT2D eigenvalue weighted by Gasteiger charge is 2.40. The summed E-state index contributed by atoms with van der Waals surface area (Å²) in [4.78, 5) is 12.3. The van der Waals surface area contributed by atoms with E-state index in [2.05, 4.69) is 27.7 Å². The Morgan fingerprint density at radius 2 is 1.63 bits per heavy atom. The van der Waals surface area contributed by atoms with E-state index in [-0.39, 0.29) is 17.5 Å². The average Bonchev–Trinajstić information content (AvgIpc) is 2.44. The smallest absolute Gasteiger partial charge is 0.309 e. The number of carbonyl (C=O) groups excluding carboxylic acids is 1. The zero-order valence-corrected chi connectivity index (χ0v) is 13.5. The second kappa shape index (κ2) is 7.31. The minimum atomic E-state index is -0.208. The Labute approximate surface area is 119 Å². The molecule has 0 aromatic carbocycles. The Morgan fingerprint density at radius 1 is 1.11 bits per heavy atom. The Bertz CT molecular complexity index is 273. The van der Waals surface area contributed by atoms with Crippen molar-refractivity contribution in [1.82, 2.24) is 0 Å². The van der Waals surface area contributed by atoms with Crippen molar-refractivity contribution < 1.29 is 9.53 Å². The molecule has 0 bridgehead atoms. The summed E-state index contributed by atoms with van der Waals surface area (Å²) in [6.45, 7) is 10.5. The van der Waals surface area contributed by atoms with Gasteiger partial charge in [-0.25, -0.2) is 0 Å². The van der Waals surface area contributed by atoms with Gasteiger partial charge < -0.3 is 4.74 Å². The average molecular weight is 268 g/mol. The van der Waals surface area contributed by atoms with Crippen LogP contribution in [0.3, 0.4) is 0 Å². The van der Waals surface area contributed by atoms with Crippen molar-refractivity contribution in [3.05, 3.63) is 0 Å². The highest BCUT2D eigenvalue weighted by Crippen LogP contribution is 2.40. The van der Waals surface area contributed by atoms with E-state index in [1.54, 1.807) is 0 Å². The molecule has 1 aliphatic carbocycles. The fourth-order valence-electron chi connectivity index (χ4n) is 3.25. The van der Waals surface area contributed by atoms with Gasteiger partial charge >= 0.3 is 5.97 Å². The lowest BCUT2D eigenvalue weighted by molar-refractivity contribution is -0.175. The van der Waals surface area contributed by atoms with Crippen LogP contribution >= 0.6 is 0 Å². The van der Waals surface area contributed by atoms with Crippen LogP contribution in [0.15, 0.2) is 0 Å². The standard InChI is InChI=1S/C17H32O2/c1-6-17(7-2,15-11-9-8-10-12-15)19-16(18)14(5)13(3)4/h13-15H,6-12H2,1-5H3. The molecule has 1 fully saturated rings. The normalized spacial score (nSPS) is 19.5. The van der Waals surface area contributed by atoms with Crippen LogP contribution in [0.5, 0.6) is 0 Å². The molecule has 0 N–H and O–H groups in total. The SMILES string of the molecule is CCC(CC)(OC(=O)C(C)C(C)C)C1CCCCC1. The molecule has 1 saturated carbocycles. The summed E-state index contributed by atoms with van der Waals surface area (Å²) >= 11 is 0. The molecule has 0 heterocycles.